The molecule has 0 atom stereocenters. The van der Waals surface area contributed by atoms with Gasteiger partial charge in [0.1, 0.15) is 5.82 Å². The summed E-state index contributed by atoms with van der Waals surface area (Å²) in [6, 6.07) is 3.80. The summed E-state index contributed by atoms with van der Waals surface area (Å²) >= 11 is 3.43. The van der Waals surface area contributed by atoms with Gasteiger partial charge in [-0.15, -0.1) is 0 Å². The maximum Gasteiger partial charge on any atom is 0.312 e. The lowest BCUT2D eigenvalue weighted by Gasteiger charge is -2.38. The zero-order valence-electron chi connectivity index (χ0n) is 8.31. The van der Waals surface area contributed by atoms with Crippen LogP contribution in [0.3, 0.4) is 0 Å². The standard InChI is InChI=1S/C10H11BrN2O2/c1-15-10(14)7-5-13(6-7)9-8(11)3-2-4-12-9/h2-4,7H,5-6H2,1H3. The molecule has 1 aliphatic heterocycles. The average Bonchev–Trinajstić information content (AvgIpc) is 2.18. The van der Waals surface area contributed by atoms with Crippen LogP contribution in [0.4, 0.5) is 5.82 Å². The number of hydrogen-bond acceptors (Lipinski definition) is 4. The number of nitrogens with zero attached hydrogens (tertiary/aromatic N) is 2. The zero-order valence-corrected chi connectivity index (χ0v) is 9.90. The minimum atomic E-state index is -0.140. The van der Waals surface area contributed by atoms with E-state index in [1.807, 2.05) is 17.0 Å². The number of halogens is 1. The van der Waals surface area contributed by atoms with E-state index in [9.17, 15) is 4.79 Å². The van der Waals surface area contributed by atoms with Gasteiger partial charge in [0.15, 0.2) is 0 Å². The van der Waals surface area contributed by atoms with Crippen LogP contribution in [0, 0.1) is 5.92 Å². The topological polar surface area (TPSA) is 42.4 Å². The third-order valence-electron chi connectivity index (χ3n) is 2.45. The summed E-state index contributed by atoms with van der Waals surface area (Å²) in [6.07, 6.45) is 1.74. The Balaban J connectivity index is 2.00. The Labute approximate surface area is 96.4 Å². The largest absolute Gasteiger partial charge is 0.469 e. The van der Waals surface area contributed by atoms with Gasteiger partial charge in [0.25, 0.3) is 0 Å². The molecule has 1 fully saturated rings. The monoisotopic (exact) mass is 270 g/mol. The predicted molar refractivity (Wildman–Crippen MR) is 59.7 cm³/mol. The number of carbonyl (C=O) groups excluding carboxylic acids is 1. The summed E-state index contributed by atoms with van der Waals surface area (Å²) in [4.78, 5) is 17.5. The van der Waals surface area contributed by atoms with Crippen molar-refractivity contribution in [2.75, 3.05) is 25.1 Å². The van der Waals surface area contributed by atoms with E-state index in [0.29, 0.717) is 13.1 Å². The fourth-order valence-corrected chi connectivity index (χ4v) is 2.08. The molecule has 0 unspecified atom stereocenters. The van der Waals surface area contributed by atoms with Gasteiger partial charge in [0.2, 0.25) is 0 Å². The molecule has 0 aromatic carbocycles. The highest BCUT2D eigenvalue weighted by Gasteiger charge is 2.34. The van der Waals surface area contributed by atoms with Gasteiger partial charge in [0, 0.05) is 19.3 Å². The predicted octanol–water partition coefficient (Wildman–Crippen LogP) is 1.45. The normalized spacial score (nSPS) is 16.0. The lowest BCUT2D eigenvalue weighted by Crippen LogP contribution is -2.51. The molecule has 1 saturated heterocycles. The Morgan fingerprint density at radius 1 is 1.67 bits per heavy atom. The number of pyridine rings is 1. The van der Waals surface area contributed by atoms with Crippen molar-refractivity contribution in [3.8, 4) is 0 Å². The van der Waals surface area contributed by atoms with Crippen molar-refractivity contribution in [3.63, 3.8) is 0 Å². The molecular formula is C10H11BrN2O2. The Morgan fingerprint density at radius 2 is 2.40 bits per heavy atom. The molecule has 0 amide bonds. The zero-order chi connectivity index (χ0) is 10.8. The number of methoxy groups -OCH3 is 1. The summed E-state index contributed by atoms with van der Waals surface area (Å²) in [5.41, 5.74) is 0. The summed E-state index contributed by atoms with van der Waals surface area (Å²) in [5, 5.41) is 0. The lowest BCUT2D eigenvalue weighted by molar-refractivity contribution is -0.146. The first-order chi connectivity index (χ1) is 7.22. The van der Waals surface area contributed by atoms with E-state index >= 15 is 0 Å². The fraction of sp³-hybridized carbons (Fsp3) is 0.400. The van der Waals surface area contributed by atoms with Crippen molar-refractivity contribution >= 4 is 27.7 Å². The Hall–Kier alpha value is -1.10. The molecule has 15 heavy (non-hydrogen) atoms. The van der Waals surface area contributed by atoms with Crippen LogP contribution in [-0.2, 0) is 9.53 Å². The van der Waals surface area contributed by atoms with Gasteiger partial charge >= 0.3 is 5.97 Å². The number of rotatable bonds is 2. The van der Waals surface area contributed by atoms with Gasteiger partial charge in [-0.1, -0.05) is 0 Å². The SMILES string of the molecule is COC(=O)C1CN(c2ncccc2Br)C1. The van der Waals surface area contributed by atoms with Crippen molar-refractivity contribution in [1.29, 1.82) is 0 Å². The second kappa shape index (κ2) is 4.18. The molecule has 1 aliphatic rings. The van der Waals surface area contributed by atoms with Crippen LogP contribution in [0.5, 0.6) is 0 Å². The molecule has 1 aromatic rings. The number of esters is 1. The van der Waals surface area contributed by atoms with Gasteiger partial charge in [0.05, 0.1) is 17.5 Å². The number of ether oxygens (including phenoxy) is 1. The maximum atomic E-state index is 11.2. The van der Waals surface area contributed by atoms with Crippen LogP contribution < -0.4 is 4.90 Å². The highest BCUT2D eigenvalue weighted by Crippen LogP contribution is 2.29. The minimum Gasteiger partial charge on any atom is -0.469 e. The van der Waals surface area contributed by atoms with E-state index in [1.54, 1.807) is 6.20 Å². The Kier molecular flexibility index (Phi) is 2.90. The van der Waals surface area contributed by atoms with Gasteiger partial charge < -0.3 is 9.64 Å². The molecule has 0 spiro atoms. The molecular weight excluding hydrogens is 260 g/mol. The summed E-state index contributed by atoms with van der Waals surface area (Å²) in [6.45, 7) is 1.37. The van der Waals surface area contributed by atoms with Crippen LogP contribution >= 0.6 is 15.9 Å². The maximum absolute atomic E-state index is 11.2. The molecule has 80 valence electrons. The molecule has 4 nitrogen and oxygen atoms in total. The third-order valence-corrected chi connectivity index (χ3v) is 3.07. The van der Waals surface area contributed by atoms with Crippen LogP contribution in [0.15, 0.2) is 22.8 Å². The van der Waals surface area contributed by atoms with E-state index in [4.69, 9.17) is 0 Å². The van der Waals surface area contributed by atoms with Crippen molar-refractivity contribution in [1.82, 2.24) is 4.98 Å². The van der Waals surface area contributed by atoms with Crippen molar-refractivity contribution in [2.45, 2.75) is 0 Å². The molecule has 2 rings (SSSR count). The highest BCUT2D eigenvalue weighted by atomic mass is 79.9. The van der Waals surface area contributed by atoms with E-state index < -0.39 is 0 Å². The number of hydrogen-bond donors (Lipinski definition) is 0. The highest BCUT2D eigenvalue weighted by molar-refractivity contribution is 9.10. The number of carbonyl (C=O) groups is 1. The first-order valence-electron chi connectivity index (χ1n) is 4.65. The van der Waals surface area contributed by atoms with Gasteiger partial charge in [-0.25, -0.2) is 4.98 Å². The molecule has 2 heterocycles. The molecule has 0 bridgehead atoms. The third kappa shape index (κ3) is 1.97. The lowest BCUT2D eigenvalue weighted by atomic mass is 10.0. The average molecular weight is 271 g/mol. The molecule has 5 heteroatoms. The summed E-state index contributed by atoms with van der Waals surface area (Å²) in [5.74, 6) is 0.736. The molecule has 1 aromatic heterocycles. The molecule has 0 radical (unpaired) electrons. The van der Waals surface area contributed by atoms with Crippen LogP contribution in [0.2, 0.25) is 0 Å². The molecule has 0 N–H and O–H groups in total. The summed E-state index contributed by atoms with van der Waals surface area (Å²) in [7, 11) is 1.42. The quantitative estimate of drug-likeness (QED) is 0.764. The van der Waals surface area contributed by atoms with Gasteiger partial charge in [-0.3, -0.25) is 4.79 Å². The second-order valence-electron chi connectivity index (χ2n) is 3.43. The number of anilines is 1. The minimum absolute atomic E-state index is 0.0103. The van der Waals surface area contributed by atoms with Crippen LogP contribution in [0.1, 0.15) is 0 Å². The smallest absolute Gasteiger partial charge is 0.312 e. The first kappa shape index (κ1) is 10.4. The van der Waals surface area contributed by atoms with Crippen molar-refractivity contribution in [2.24, 2.45) is 5.92 Å². The van der Waals surface area contributed by atoms with E-state index in [2.05, 4.69) is 25.7 Å². The van der Waals surface area contributed by atoms with Crippen LogP contribution in [-0.4, -0.2) is 31.2 Å². The Morgan fingerprint density at radius 3 is 3.00 bits per heavy atom. The fourth-order valence-electron chi connectivity index (χ4n) is 1.58. The van der Waals surface area contributed by atoms with E-state index in [1.165, 1.54) is 7.11 Å². The van der Waals surface area contributed by atoms with E-state index in [0.717, 1.165) is 10.3 Å². The Bertz CT molecular complexity index is 377. The van der Waals surface area contributed by atoms with Gasteiger partial charge in [-0.2, -0.15) is 0 Å². The number of aromatic nitrogens is 1. The molecule has 0 saturated carbocycles. The van der Waals surface area contributed by atoms with Crippen molar-refractivity contribution in [3.05, 3.63) is 22.8 Å². The first-order valence-corrected chi connectivity index (χ1v) is 5.45. The summed E-state index contributed by atoms with van der Waals surface area (Å²) < 4.78 is 5.62. The van der Waals surface area contributed by atoms with Crippen molar-refractivity contribution < 1.29 is 9.53 Å². The molecule has 0 aliphatic carbocycles. The van der Waals surface area contributed by atoms with E-state index in [-0.39, 0.29) is 11.9 Å². The van der Waals surface area contributed by atoms with Crippen LogP contribution in [0.25, 0.3) is 0 Å². The second-order valence-corrected chi connectivity index (χ2v) is 4.29. The van der Waals surface area contributed by atoms with Gasteiger partial charge in [-0.05, 0) is 28.1 Å².